The zero-order chi connectivity index (χ0) is 19.8. The first-order valence-corrected chi connectivity index (χ1v) is 9.59. The number of anilines is 1. The van der Waals surface area contributed by atoms with Gasteiger partial charge in [0.25, 0.3) is 5.91 Å². The molecule has 2 aromatic rings. The minimum atomic E-state index is -0.0988. The molecule has 2 aliphatic rings. The van der Waals surface area contributed by atoms with Crippen LogP contribution in [-0.4, -0.2) is 57.9 Å². The first-order chi connectivity index (χ1) is 13.5. The third kappa shape index (κ3) is 3.12. The first-order valence-electron chi connectivity index (χ1n) is 9.59. The van der Waals surface area contributed by atoms with Crippen molar-refractivity contribution < 1.29 is 9.53 Å². The minimum absolute atomic E-state index is 0.0175. The zero-order valence-corrected chi connectivity index (χ0v) is 16.4. The van der Waals surface area contributed by atoms with Crippen molar-refractivity contribution in [3.8, 4) is 6.07 Å². The van der Waals surface area contributed by atoms with Gasteiger partial charge in [-0.05, 0) is 19.9 Å². The SMILES string of the molecule is C[C@@H]1Cc2c(nn(C)c2C(=O)N2CCN(c3cnccc3C#N)CC2)[C@H](C)O1. The van der Waals surface area contributed by atoms with Gasteiger partial charge in [0.2, 0.25) is 0 Å². The number of hydrogen-bond donors (Lipinski definition) is 0. The summed E-state index contributed by atoms with van der Waals surface area (Å²) in [5.41, 5.74) is 4.00. The maximum atomic E-state index is 13.3. The number of hydrogen-bond acceptors (Lipinski definition) is 6. The number of aryl methyl sites for hydroxylation is 1. The van der Waals surface area contributed by atoms with E-state index in [-0.39, 0.29) is 18.1 Å². The van der Waals surface area contributed by atoms with Gasteiger partial charge in [-0.1, -0.05) is 0 Å². The molecule has 146 valence electrons. The predicted octanol–water partition coefficient (Wildman–Crippen LogP) is 1.67. The molecule has 1 fully saturated rings. The fraction of sp³-hybridized carbons (Fsp3) is 0.500. The van der Waals surface area contributed by atoms with E-state index < -0.39 is 0 Å². The molecule has 28 heavy (non-hydrogen) atoms. The van der Waals surface area contributed by atoms with Crippen LogP contribution in [-0.2, 0) is 18.2 Å². The molecular weight excluding hydrogens is 356 g/mol. The zero-order valence-electron chi connectivity index (χ0n) is 16.4. The molecular formula is C20H24N6O2. The van der Waals surface area contributed by atoms with Crippen LogP contribution in [0.2, 0.25) is 0 Å². The van der Waals surface area contributed by atoms with Crippen molar-refractivity contribution in [1.82, 2.24) is 19.7 Å². The first kappa shape index (κ1) is 18.4. The van der Waals surface area contributed by atoms with E-state index in [0.717, 1.165) is 16.9 Å². The van der Waals surface area contributed by atoms with Gasteiger partial charge in [-0.25, -0.2) is 0 Å². The molecule has 0 N–H and O–H groups in total. The number of carbonyl (C=O) groups is 1. The number of carbonyl (C=O) groups excluding carboxylic acids is 1. The Morgan fingerprint density at radius 3 is 2.75 bits per heavy atom. The highest BCUT2D eigenvalue weighted by Gasteiger charge is 2.34. The largest absolute Gasteiger partial charge is 0.369 e. The lowest BCUT2D eigenvalue weighted by Gasteiger charge is -2.36. The number of piperazine rings is 1. The normalized spacial score (nSPS) is 21.9. The number of ether oxygens (including phenoxy) is 1. The smallest absolute Gasteiger partial charge is 0.272 e. The second-order valence-electron chi connectivity index (χ2n) is 7.41. The fourth-order valence-electron chi connectivity index (χ4n) is 4.17. The van der Waals surface area contributed by atoms with Crippen LogP contribution in [0.25, 0.3) is 0 Å². The van der Waals surface area contributed by atoms with E-state index in [0.29, 0.717) is 43.9 Å². The molecule has 4 heterocycles. The van der Waals surface area contributed by atoms with Crippen molar-refractivity contribution in [1.29, 1.82) is 5.26 Å². The number of aromatic nitrogens is 3. The summed E-state index contributed by atoms with van der Waals surface area (Å²) in [6, 6.07) is 3.93. The number of pyridine rings is 1. The van der Waals surface area contributed by atoms with Crippen LogP contribution in [0.15, 0.2) is 18.5 Å². The number of nitriles is 1. The van der Waals surface area contributed by atoms with Gasteiger partial charge in [0, 0.05) is 51.4 Å². The van der Waals surface area contributed by atoms with Crippen LogP contribution in [0.5, 0.6) is 0 Å². The van der Waals surface area contributed by atoms with E-state index in [1.807, 2.05) is 25.8 Å². The molecule has 0 radical (unpaired) electrons. The van der Waals surface area contributed by atoms with E-state index in [2.05, 4.69) is 21.1 Å². The molecule has 0 unspecified atom stereocenters. The Morgan fingerprint density at radius 2 is 2.04 bits per heavy atom. The van der Waals surface area contributed by atoms with Gasteiger partial charge in [-0.3, -0.25) is 14.5 Å². The van der Waals surface area contributed by atoms with Gasteiger partial charge in [0.05, 0.1) is 35.3 Å². The van der Waals surface area contributed by atoms with Crippen molar-refractivity contribution in [2.45, 2.75) is 32.5 Å². The Balaban J connectivity index is 1.52. The standard InChI is InChI=1S/C20H24N6O2/c1-13-10-16-18(14(2)28-13)23-24(3)19(16)20(27)26-8-6-25(7-9-26)17-12-22-5-4-15(17)11-21/h4-5,12-14H,6-10H2,1-3H3/t13-,14+/m1/s1. The molecule has 0 bridgehead atoms. The summed E-state index contributed by atoms with van der Waals surface area (Å²) in [6.45, 7) is 6.54. The summed E-state index contributed by atoms with van der Waals surface area (Å²) in [6.07, 6.45) is 4.02. The third-order valence-corrected chi connectivity index (χ3v) is 5.52. The molecule has 1 saturated heterocycles. The van der Waals surface area contributed by atoms with Crippen molar-refractivity contribution in [2.75, 3.05) is 31.1 Å². The average Bonchev–Trinajstić information content (AvgIpc) is 3.03. The molecule has 8 heteroatoms. The molecule has 2 aromatic heterocycles. The Labute approximate surface area is 164 Å². The summed E-state index contributed by atoms with van der Waals surface area (Å²) < 4.78 is 7.55. The quantitative estimate of drug-likeness (QED) is 0.788. The Hall–Kier alpha value is -2.92. The van der Waals surface area contributed by atoms with Crippen LogP contribution in [0.3, 0.4) is 0 Å². The number of fused-ring (bicyclic) bond motifs is 1. The van der Waals surface area contributed by atoms with Gasteiger partial charge in [0.1, 0.15) is 11.8 Å². The topological polar surface area (TPSA) is 87.3 Å². The van der Waals surface area contributed by atoms with Crippen LogP contribution in [0.1, 0.15) is 47.3 Å². The summed E-state index contributed by atoms with van der Waals surface area (Å²) in [7, 11) is 1.83. The van der Waals surface area contributed by atoms with E-state index in [1.165, 1.54) is 0 Å². The van der Waals surface area contributed by atoms with Crippen LogP contribution < -0.4 is 4.90 Å². The third-order valence-electron chi connectivity index (χ3n) is 5.52. The number of amides is 1. The van der Waals surface area contributed by atoms with Crippen LogP contribution in [0.4, 0.5) is 5.69 Å². The molecule has 0 aromatic carbocycles. The lowest BCUT2D eigenvalue weighted by atomic mass is 9.99. The fourth-order valence-corrected chi connectivity index (χ4v) is 4.17. The lowest BCUT2D eigenvalue weighted by molar-refractivity contribution is -0.00714. The number of rotatable bonds is 2. The summed E-state index contributed by atoms with van der Waals surface area (Å²) in [5.74, 6) is 0.0175. The molecule has 0 saturated carbocycles. The van der Waals surface area contributed by atoms with Gasteiger partial charge < -0.3 is 14.5 Å². The molecule has 1 amide bonds. The molecule has 0 aliphatic carbocycles. The van der Waals surface area contributed by atoms with Gasteiger partial charge in [-0.15, -0.1) is 0 Å². The lowest BCUT2D eigenvalue weighted by Crippen LogP contribution is -2.49. The Bertz CT molecular complexity index is 939. The molecule has 2 atom stereocenters. The predicted molar refractivity (Wildman–Crippen MR) is 103 cm³/mol. The van der Waals surface area contributed by atoms with Crippen LogP contribution in [0, 0.1) is 11.3 Å². The highest BCUT2D eigenvalue weighted by atomic mass is 16.5. The van der Waals surface area contributed by atoms with Crippen molar-refractivity contribution >= 4 is 11.6 Å². The highest BCUT2D eigenvalue weighted by molar-refractivity contribution is 5.94. The van der Waals surface area contributed by atoms with Gasteiger partial charge in [0.15, 0.2) is 0 Å². The molecule has 4 rings (SSSR count). The second kappa shape index (κ2) is 7.24. The van der Waals surface area contributed by atoms with E-state index >= 15 is 0 Å². The van der Waals surface area contributed by atoms with Gasteiger partial charge in [-0.2, -0.15) is 10.4 Å². The highest BCUT2D eigenvalue weighted by Crippen LogP contribution is 2.32. The summed E-state index contributed by atoms with van der Waals surface area (Å²) in [5, 5.41) is 13.9. The Morgan fingerprint density at radius 1 is 1.29 bits per heavy atom. The summed E-state index contributed by atoms with van der Waals surface area (Å²) in [4.78, 5) is 21.4. The summed E-state index contributed by atoms with van der Waals surface area (Å²) >= 11 is 0. The number of nitrogens with zero attached hydrogens (tertiary/aromatic N) is 6. The van der Waals surface area contributed by atoms with E-state index in [1.54, 1.807) is 23.1 Å². The van der Waals surface area contributed by atoms with Crippen molar-refractivity contribution in [3.63, 3.8) is 0 Å². The average molecular weight is 380 g/mol. The Kier molecular flexibility index (Phi) is 4.77. The maximum absolute atomic E-state index is 13.3. The maximum Gasteiger partial charge on any atom is 0.272 e. The molecule has 0 spiro atoms. The molecule has 8 nitrogen and oxygen atoms in total. The van der Waals surface area contributed by atoms with E-state index in [4.69, 9.17) is 4.74 Å². The van der Waals surface area contributed by atoms with Crippen molar-refractivity contribution in [3.05, 3.63) is 41.0 Å². The monoisotopic (exact) mass is 380 g/mol. The van der Waals surface area contributed by atoms with Crippen LogP contribution >= 0.6 is 0 Å². The van der Waals surface area contributed by atoms with E-state index in [9.17, 15) is 10.1 Å². The molecule has 2 aliphatic heterocycles. The van der Waals surface area contributed by atoms with Gasteiger partial charge >= 0.3 is 0 Å². The minimum Gasteiger partial charge on any atom is -0.369 e. The van der Waals surface area contributed by atoms with Crippen molar-refractivity contribution in [2.24, 2.45) is 7.05 Å². The second-order valence-corrected chi connectivity index (χ2v) is 7.41.